The van der Waals surface area contributed by atoms with Crippen molar-refractivity contribution in [3.63, 3.8) is 0 Å². The number of thiazole rings is 1. The van der Waals surface area contributed by atoms with Gasteiger partial charge in [0.05, 0.1) is 27.8 Å². The molecule has 2 heterocycles. The molecule has 90 valence electrons. The van der Waals surface area contributed by atoms with Crippen LogP contribution in [0.5, 0.6) is 0 Å². The predicted octanol–water partition coefficient (Wildman–Crippen LogP) is 2.62. The molecule has 4 heteroatoms. The van der Waals surface area contributed by atoms with Gasteiger partial charge in [0.15, 0.2) is 0 Å². The molecule has 1 aromatic heterocycles. The van der Waals surface area contributed by atoms with Crippen molar-refractivity contribution in [3.8, 4) is 0 Å². The second-order valence-corrected chi connectivity index (χ2v) is 5.54. The van der Waals surface area contributed by atoms with Crippen LogP contribution in [0.25, 0.3) is 0 Å². The number of hydrogen-bond donors (Lipinski definition) is 1. The van der Waals surface area contributed by atoms with Crippen LogP contribution in [0.3, 0.4) is 0 Å². The highest BCUT2D eigenvalue weighted by Crippen LogP contribution is 2.27. The van der Waals surface area contributed by atoms with Crippen LogP contribution in [0.2, 0.25) is 0 Å². The van der Waals surface area contributed by atoms with Crippen LogP contribution < -0.4 is 0 Å². The van der Waals surface area contributed by atoms with Gasteiger partial charge < -0.3 is 9.84 Å². The number of aryl methyl sites for hydroxylation is 1. The molecule has 1 aliphatic rings. The number of rotatable bonds is 3. The number of aliphatic hydroxyl groups is 1. The molecule has 2 unspecified atom stereocenters. The second kappa shape index (κ2) is 5.25. The van der Waals surface area contributed by atoms with Crippen molar-refractivity contribution in [2.45, 2.75) is 51.7 Å². The minimum absolute atomic E-state index is 0.334. The van der Waals surface area contributed by atoms with Crippen LogP contribution in [-0.4, -0.2) is 22.8 Å². The number of aromatic nitrogens is 1. The monoisotopic (exact) mass is 241 g/mol. The number of ether oxygens (including phenoxy) is 1. The quantitative estimate of drug-likeness (QED) is 0.884. The van der Waals surface area contributed by atoms with E-state index in [-0.39, 0.29) is 0 Å². The van der Waals surface area contributed by atoms with Crippen LogP contribution in [-0.2, 0) is 11.2 Å². The highest BCUT2D eigenvalue weighted by molar-refractivity contribution is 7.11. The minimum Gasteiger partial charge on any atom is -0.388 e. The zero-order valence-electron chi connectivity index (χ0n) is 9.90. The first-order chi connectivity index (χ1) is 7.66. The molecule has 0 saturated carbocycles. The van der Waals surface area contributed by atoms with E-state index in [0.29, 0.717) is 6.10 Å². The van der Waals surface area contributed by atoms with E-state index in [1.54, 1.807) is 18.3 Å². The van der Waals surface area contributed by atoms with E-state index in [1.807, 2.05) is 6.92 Å². The molecule has 0 aromatic carbocycles. The van der Waals surface area contributed by atoms with Gasteiger partial charge in [0.1, 0.15) is 0 Å². The van der Waals surface area contributed by atoms with Crippen molar-refractivity contribution >= 4 is 11.3 Å². The Morgan fingerprint density at radius 1 is 1.56 bits per heavy atom. The summed E-state index contributed by atoms with van der Waals surface area (Å²) in [6.45, 7) is 4.64. The zero-order valence-corrected chi connectivity index (χ0v) is 10.7. The lowest BCUT2D eigenvalue weighted by molar-refractivity contribution is 0.0167. The Morgan fingerprint density at radius 3 is 2.94 bits per heavy atom. The van der Waals surface area contributed by atoms with Gasteiger partial charge in [-0.05, 0) is 33.1 Å². The predicted molar refractivity (Wildman–Crippen MR) is 64.8 cm³/mol. The van der Waals surface area contributed by atoms with Gasteiger partial charge in [-0.15, -0.1) is 11.3 Å². The topological polar surface area (TPSA) is 42.4 Å². The summed E-state index contributed by atoms with van der Waals surface area (Å²) >= 11 is 1.62. The number of hydrogen-bond acceptors (Lipinski definition) is 4. The SMILES string of the molecule is Cc1nc(CC2CCCCO2)sc1C(C)O. The summed E-state index contributed by atoms with van der Waals surface area (Å²) in [6.07, 6.45) is 4.42. The molecule has 1 fully saturated rings. The van der Waals surface area contributed by atoms with E-state index in [0.717, 1.165) is 35.0 Å². The molecule has 16 heavy (non-hydrogen) atoms. The maximum atomic E-state index is 9.56. The first kappa shape index (κ1) is 12.0. The third kappa shape index (κ3) is 2.81. The van der Waals surface area contributed by atoms with E-state index in [1.165, 1.54) is 12.8 Å². The van der Waals surface area contributed by atoms with Gasteiger partial charge in [0.25, 0.3) is 0 Å². The smallest absolute Gasteiger partial charge is 0.0957 e. The van der Waals surface area contributed by atoms with E-state index in [4.69, 9.17) is 4.74 Å². The van der Waals surface area contributed by atoms with Gasteiger partial charge in [-0.1, -0.05) is 0 Å². The summed E-state index contributed by atoms with van der Waals surface area (Å²) in [5.74, 6) is 0. The van der Waals surface area contributed by atoms with E-state index >= 15 is 0 Å². The van der Waals surface area contributed by atoms with Crippen molar-refractivity contribution in [2.24, 2.45) is 0 Å². The van der Waals surface area contributed by atoms with Gasteiger partial charge in [-0.2, -0.15) is 0 Å². The van der Waals surface area contributed by atoms with Crippen molar-refractivity contribution in [1.29, 1.82) is 0 Å². The minimum atomic E-state index is -0.404. The molecular formula is C12H19NO2S. The standard InChI is InChI=1S/C12H19NO2S/c1-8-12(9(2)14)16-11(13-8)7-10-5-3-4-6-15-10/h9-10,14H,3-7H2,1-2H3. The van der Waals surface area contributed by atoms with Gasteiger partial charge in [0, 0.05) is 13.0 Å². The fraction of sp³-hybridized carbons (Fsp3) is 0.750. The summed E-state index contributed by atoms with van der Waals surface area (Å²) in [6, 6.07) is 0. The highest BCUT2D eigenvalue weighted by Gasteiger charge is 2.18. The average molecular weight is 241 g/mol. The molecule has 1 N–H and O–H groups in total. The van der Waals surface area contributed by atoms with Crippen LogP contribution in [0.4, 0.5) is 0 Å². The second-order valence-electron chi connectivity index (χ2n) is 4.43. The Hall–Kier alpha value is -0.450. The first-order valence-corrected chi connectivity index (χ1v) is 6.74. The van der Waals surface area contributed by atoms with Crippen LogP contribution >= 0.6 is 11.3 Å². The van der Waals surface area contributed by atoms with Crippen molar-refractivity contribution in [1.82, 2.24) is 4.98 Å². The fourth-order valence-corrected chi connectivity index (χ4v) is 3.17. The van der Waals surface area contributed by atoms with Gasteiger partial charge in [0.2, 0.25) is 0 Å². The van der Waals surface area contributed by atoms with E-state index in [2.05, 4.69) is 4.98 Å². The molecule has 0 aliphatic carbocycles. The molecule has 2 atom stereocenters. The third-order valence-corrected chi connectivity index (χ3v) is 4.28. The Morgan fingerprint density at radius 2 is 2.38 bits per heavy atom. The summed E-state index contributed by atoms with van der Waals surface area (Å²) < 4.78 is 5.70. The Bertz CT molecular complexity index is 343. The van der Waals surface area contributed by atoms with Crippen LogP contribution in [0.1, 0.15) is 47.9 Å². The van der Waals surface area contributed by atoms with Crippen molar-refractivity contribution in [2.75, 3.05) is 6.61 Å². The Kier molecular flexibility index (Phi) is 3.95. The third-order valence-electron chi connectivity index (χ3n) is 2.93. The van der Waals surface area contributed by atoms with E-state index in [9.17, 15) is 5.11 Å². The molecule has 0 amide bonds. The van der Waals surface area contributed by atoms with Crippen molar-refractivity contribution < 1.29 is 9.84 Å². The summed E-state index contributed by atoms with van der Waals surface area (Å²) in [7, 11) is 0. The van der Waals surface area contributed by atoms with Gasteiger partial charge >= 0.3 is 0 Å². The molecule has 0 radical (unpaired) electrons. The number of aliphatic hydroxyl groups excluding tert-OH is 1. The highest BCUT2D eigenvalue weighted by atomic mass is 32.1. The summed E-state index contributed by atoms with van der Waals surface area (Å²) in [5.41, 5.74) is 0.964. The summed E-state index contributed by atoms with van der Waals surface area (Å²) in [4.78, 5) is 5.50. The molecule has 1 aliphatic heterocycles. The fourth-order valence-electron chi connectivity index (χ4n) is 2.10. The van der Waals surface area contributed by atoms with Gasteiger partial charge in [-0.25, -0.2) is 4.98 Å². The van der Waals surface area contributed by atoms with E-state index < -0.39 is 6.10 Å². The van der Waals surface area contributed by atoms with Crippen LogP contribution in [0, 0.1) is 6.92 Å². The molecular weight excluding hydrogens is 222 g/mol. The molecule has 2 rings (SSSR count). The lowest BCUT2D eigenvalue weighted by Gasteiger charge is -2.21. The molecule has 1 saturated heterocycles. The molecule has 0 bridgehead atoms. The first-order valence-electron chi connectivity index (χ1n) is 5.92. The Labute approximate surface area is 100 Å². The summed E-state index contributed by atoms with van der Waals surface area (Å²) in [5, 5.41) is 10.7. The zero-order chi connectivity index (χ0) is 11.5. The van der Waals surface area contributed by atoms with Crippen LogP contribution in [0.15, 0.2) is 0 Å². The average Bonchev–Trinajstić information content (AvgIpc) is 2.61. The molecule has 1 aromatic rings. The van der Waals surface area contributed by atoms with Gasteiger partial charge in [-0.3, -0.25) is 0 Å². The number of nitrogens with zero attached hydrogens (tertiary/aromatic N) is 1. The lowest BCUT2D eigenvalue weighted by atomic mass is 10.1. The Balaban J connectivity index is 2.01. The molecule has 0 spiro atoms. The maximum Gasteiger partial charge on any atom is 0.0957 e. The largest absolute Gasteiger partial charge is 0.388 e. The normalized spacial score (nSPS) is 23.3. The van der Waals surface area contributed by atoms with Crippen molar-refractivity contribution in [3.05, 3.63) is 15.6 Å². The maximum absolute atomic E-state index is 9.56. The lowest BCUT2D eigenvalue weighted by Crippen LogP contribution is -2.21. The molecule has 3 nitrogen and oxygen atoms in total.